The molecule has 0 spiro atoms. The van der Waals surface area contributed by atoms with Crippen LogP contribution in [0.5, 0.6) is 0 Å². The number of hydrogen-bond donors (Lipinski definition) is 3. The van der Waals surface area contributed by atoms with Crippen molar-refractivity contribution in [2.45, 2.75) is 0 Å². The number of H-pyrrole nitrogens is 2. The van der Waals surface area contributed by atoms with Crippen LogP contribution in [0.4, 0.5) is 5.69 Å². The number of fused-ring (bicyclic) bond motifs is 1. The number of rotatable bonds is 0. The Morgan fingerprint density at radius 2 is 1.77 bits per heavy atom. The van der Waals surface area contributed by atoms with Crippen LogP contribution in [0, 0.1) is 0 Å². The van der Waals surface area contributed by atoms with E-state index in [2.05, 4.69) is 9.97 Å². The standard InChI is InChI=1S/C8H7N3O2/c9-4-2-1-3-5-6(4)11-8(13)7(12)10-5/h1-3H,9H2,(H,10,12)(H,11,13). The smallest absolute Gasteiger partial charge is 0.314 e. The van der Waals surface area contributed by atoms with E-state index in [4.69, 9.17) is 5.73 Å². The zero-order valence-electron chi connectivity index (χ0n) is 6.63. The van der Waals surface area contributed by atoms with Crippen molar-refractivity contribution in [2.75, 3.05) is 5.73 Å². The zero-order chi connectivity index (χ0) is 9.42. The molecule has 0 aliphatic carbocycles. The third-order valence-electron chi connectivity index (χ3n) is 1.79. The Hall–Kier alpha value is -2.04. The molecule has 0 aliphatic heterocycles. The van der Waals surface area contributed by atoms with Crippen LogP contribution in [0.3, 0.4) is 0 Å². The van der Waals surface area contributed by atoms with Crippen molar-refractivity contribution in [3.63, 3.8) is 0 Å². The van der Waals surface area contributed by atoms with Gasteiger partial charge in [-0.3, -0.25) is 9.59 Å². The van der Waals surface area contributed by atoms with Crippen LogP contribution >= 0.6 is 0 Å². The summed E-state index contributed by atoms with van der Waals surface area (Å²) in [4.78, 5) is 26.7. The first kappa shape index (κ1) is 7.60. The summed E-state index contributed by atoms with van der Waals surface area (Å²) in [5.74, 6) is 0. The van der Waals surface area contributed by atoms with Crippen molar-refractivity contribution in [1.29, 1.82) is 0 Å². The Labute approximate surface area is 72.2 Å². The van der Waals surface area contributed by atoms with Gasteiger partial charge in [-0.15, -0.1) is 0 Å². The molecule has 1 heterocycles. The first-order valence-corrected chi connectivity index (χ1v) is 3.69. The number of benzene rings is 1. The molecule has 0 saturated heterocycles. The van der Waals surface area contributed by atoms with Crippen molar-refractivity contribution in [1.82, 2.24) is 9.97 Å². The molecular weight excluding hydrogens is 170 g/mol. The largest absolute Gasteiger partial charge is 0.397 e. The molecule has 1 aromatic carbocycles. The molecule has 0 aliphatic rings. The number of nitrogens with one attached hydrogen (secondary N) is 2. The average molecular weight is 177 g/mol. The summed E-state index contributed by atoms with van der Waals surface area (Å²) in [6.07, 6.45) is 0. The number of para-hydroxylation sites is 1. The highest BCUT2D eigenvalue weighted by atomic mass is 16.2. The lowest BCUT2D eigenvalue weighted by molar-refractivity contribution is 1.15. The van der Waals surface area contributed by atoms with E-state index in [1.165, 1.54) is 0 Å². The second-order valence-corrected chi connectivity index (χ2v) is 2.68. The van der Waals surface area contributed by atoms with Gasteiger partial charge in [0.25, 0.3) is 0 Å². The summed E-state index contributed by atoms with van der Waals surface area (Å²) >= 11 is 0. The minimum Gasteiger partial charge on any atom is -0.397 e. The van der Waals surface area contributed by atoms with Crippen LogP contribution in [-0.2, 0) is 0 Å². The first-order chi connectivity index (χ1) is 6.18. The zero-order valence-corrected chi connectivity index (χ0v) is 6.63. The van der Waals surface area contributed by atoms with Gasteiger partial charge < -0.3 is 15.7 Å². The molecule has 2 rings (SSSR count). The highest BCUT2D eigenvalue weighted by Gasteiger charge is 2.00. The van der Waals surface area contributed by atoms with E-state index in [0.29, 0.717) is 16.7 Å². The van der Waals surface area contributed by atoms with Gasteiger partial charge in [-0.25, -0.2) is 0 Å². The lowest BCUT2D eigenvalue weighted by atomic mass is 10.2. The second kappa shape index (κ2) is 2.48. The molecule has 0 bridgehead atoms. The lowest BCUT2D eigenvalue weighted by Gasteiger charge is -1.98. The van der Waals surface area contributed by atoms with Gasteiger partial charge in [0.15, 0.2) is 0 Å². The van der Waals surface area contributed by atoms with E-state index in [1.54, 1.807) is 18.2 Å². The fraction of sp³-hybridized carbons (Fsp3) is 0. The lowest BCUT2D eigenvalue weighted by Crippen LogP contribution is -2.29. The monoisotopic (exact) mass is 177 g/mol. The molecule has 0 radical (unpaired) electrons. The third kappa shape index (κ3) is 1.10. The van der Waals surface area contributed by atoms with Gasteiger partial charge in [0.2, 0.25) is 0 Å². The van der Waals surface area contributed by atoms with E-state index in [0.717, 1.165) is 0 Å². The summed E-state index contributed by atoms with van der Waals surface area (Å²) in [5, 5.41) is 0. The van der Waals surface area contributed by atoms with Gasteiger partial charge >= 0.3 is 11.1 Å². The highest BCUT2D eigenvalue weighted by molar-refractivity contribution is 5.85. The molecule has 5 heteroatoms. The van der Waals surface area contributed by atoms with E-state index < -0.39 is 11.1 Å². The molecule has 0 amide bonds. The van der Waals surface area contributed by atoms with Gasteiger partial charge in [0.1, 0.15) is 0 Å². The second-order valence-electron chi connectivity index (χ2n) is 2.68. The van der Waals surface area contributed by atoms with Crippen molar-refractivity contribution in [3.05, 3.63) is 38.9 Å². The van der Waals surface area contributed by atoms with E-state index in [1.807, 2.05) is 0 Å². The fourth-order valence-electron chi connectivity index (χ4n) is 1.16. The van der Waals surface area contributed by atoms with Crippen LogP contribution in [-0.4, -0.2) is 9.97 Å². The maximum Gasteiger partial charge on any atom is 0.314 e. The van der Waals surface area contributed by atoms with E-state index in [9.17, 15) is 9.59 Å². The maximum atomic E-state index is 10.9. The molecule has 13 heavy (non-hydrogen) atoms. The predicted octanol–water partition coefficient (Wildman–Crippen LogP) is -0.201. The van der Waals surface area contributed by atoms with Crippen LogP contribution in [0.2, 0.25) is 0 Å². The SMILES string of the molecule is Nc1cccc2[nH]c(=O)c(=O)[nH]c12. The Morgan fingerprint density at radius 3 is 2.54 bits per heavy atom. The van der Waals surface area contributed by atoms with E-state index in [-0.39, 0.29) is 0 Å². The number of aromatic nitrogens is 2. The molecule has 5 nitrogen and oxygen atoms in total. The maximum absolute atomic E-state index is 10.9. The minimum atomic E-state index is -0.689. The summed E-state index contributed by atoms with van der Waals surface area (Å²) in [6, 6.07) is 5.02. The molecular formula is C8H7N3O2. The molecule has 2 aromatic rings. The number of nitrogen functional groups attached to an aromatic ring is 1. The van der Waals surface area contributed by atoms with Crippen molar-refractivity contribution >= 4 is 16.7 Å². The number of nitrogens with two attached hydrogens (primary N) is 1. The van der Waals surface area contributed by atoms with Gasteiger partial charge in [0.05, 0.1) is 16.7 Å². The van der Waals surface area contributed by atoms with Crippen LogP contribution in [0.25, 0.3) is 11.0 Å². The Morgan fingerprint density at radius 1 is 1.08 bits per heavy atom. The molecule has 0 fully saturated rings. The van der Waals surface area contributed by atoms with Gasteiger partial charge in [0, 0.05) is 0 Å². The average Bonchev–Trinajstić information content (AvgIpc) is 2.09. The molecule has 0 atom stereocenters. The van der Waals surface area contributed by atoms with Crippen molar-refractivity contribution in [2.24, 2.45) is 0 Å². The van der Waals surface area contributed by atoms with Gasteiger partial charge in [-0.05, 0) is 12.1 Å². The molecule has 0 unspecified atom stereocenters. The molecule has 0 saturated carbocycles. The quantitative estimate of drug-likeness (QED) is 0.384. The number of anilines is 1. The summed E-state index contributed by atoms with van der Waals surface area (Å²) in [7, 11) is 0. The van der Waals surface area contributed by atoms with Crippen molar-refractivity contribution < 1.29 is 0 Å². The van der Waals surface area contributed by atoms with Crippen LogP contribution in [0.1, 0.15) is 0 Å². The molecule has 4 N–H and O–H groups in total. The van der Waals surface area contributed by atoms with Gasteiger partial charge in [-0.1, -0.05) is 6.07 Å². The van der Waals surface area contributed by atoms with E-state index >= 15 is 0 Å². The normalized spacial score (nSPS) is 10.5. The van der Waals surface area contributed by atoms with Crippen LogP contribution in [0.15, 0.2) is 27.8 Å². The third-order valence-corrected chi connectivity index (χ3v) is 1.79. The summed E-state index contributed by atoms with van der Waals surface area (Å²) < 4.78 is 0. The Bertz CT molecular complexity index is 567. The Balaban J connectivity index is 3.06. The van der Waals surface area contributed by atoms with Gasteiger partial charge in [-0.2, -0.15) is 0 Å². The predicted molar refractivity (Wildman–Crippen MR) is 49.6 cm³/mol. The molecule has 66 valence electrons. The fourth-order valence-corrected chi connectivity index (χ4v) is 1.16. The van der Waals surface area contributed by atoms with Crippen LogP contribution < -0.4 is 16.9 Å². The number of hydrogen-bond acceptors (Lipinski definition) is 3. The first-order valence-electron chi connectivity index (χ1n) is 3.69. The Kier molecular flexibility index (Phi) is 1.45. The summed E-state index contributed by atoms with van der Waals surface area (Å²) in [5.41, 5.74) is 5.66. The summed E-state index contributed by atoms with van der Waals surface area (Å²) in [6.45, 7) is 0. The highest BCUT2D eigenvalue weighted by Crippen LogP contribution is 2.12. The number of aromatic amines is 2. The molecule has 1 aromatic heterocycles. The minimum absolute atomic E-state index is 0.436. The van der Waals surface area contributed by atoms with Crippen molar-refractivity contribution in [3.8, 4) is 0 Å². The topological polar surface area (TPSA) is 91.7 Å².